The number of rotatable bonds is 4. The fourth-order valence-corrected chi connectivity index (χ4v) is 2.85. The SMILES string of the molecule is O=C(NCc1ccc(-c2ccccn2)cc1)C1CCCC1. The second-order valence-electron chi connectivity index (χ2n) is 5.61. The van der Waals surface area contributed by atoms with Crippen LogP contribution in [0.5, 0.6) is 0 Å². The number of carbonyl (C=O) groups is 1. The van der Waals surface area contributed by atoms with Gasteiger partial charge in [-0.15, -0.1) is 0 Å². The number of aromatic nitrogens is 1. The van der Waals surface area contributed by atoms with E-state index in [0.29, 0.717) is 6.54 Å². The first-order chi connectivity index (χ1) is 10.3. The fourth-order valence-electron chi connectivity index (χ4n) is 2.85. The monoisotopic (exact) mass is 280 g/mol. The molecular formula is C18H20N2O. The third-order valence-corrected chi connectivity index (χ3v) is 4.11. The summed E-state index contributed by atoms with van der Waals surface area (Å²) in [6.07, 6.45) is 6.27. The maximum atomic E-state index is 12.0. The minimum absolute atomic E-state index is 0.210. The highest BCUT2D eigenvalue weighted by Gasteiger charge is 2.21. The average Bonchev–Trinajstić information content (AvgIpc) is 3.08. The van der Waals surface area contributed by atoms with Crippen molar-refractivity contribution in [2.24, 2.45) is 5.92 Å². The van der Waals surface area contributed by atoms with Gasteiger partial charge < -0.3 is 5.32 Å². The molecule has 1 aromatic carbocycles. The largest absolute Gasteiger partial charge is 0.352 e. The van der Waals surface area contributed by atoms with Crippen molar-refractivity contribution in [2.45, 2.75) is 32.2 Å². The number of benzene rings is 1. The predicted octanol–water partition coefficient (Wildman–Crippen LogP) is 3.56. The molecular weight excluding hydrogens is 260 g/mol. The van der Waals surface area contributed by atoms with Crippen LogP contribution >= 0.6 is 0 Å². The molecule has 0 unspecified atom stereocenters. The second kappa shape index (κ2) is 6.53. The summed E-state index contributed by atoms with van der Waals surface area (Å²) in [4.78, 5) is 16.3. The Hall–Kier alpha value is -2.16. The number of amides is 1. The molecule has 1 aromatic heterocycles. The molecule has 0 saturated heterocycles. The van der Waals surface area contributed by atoms with Gasteiger partial charge in [0.15, 0.2) is 0 Å². The summed E-state index contributed by atoms with van der Waals surface area (Å²) in [5.74, 6) is 0.444. The lowest BCUT2D eigenvalue weighted by Crippen LogP contribution is -2.28. The molecule has 0 aliphatic heterocycles. The quantitative estimate of drug-likeness (QED) is 0.930. The van der Waals surface area contributed by atoms with Crippen LogP contribution in [0.15, 0.2) is 48.7 Å². The number of nitrogens with zero attached hydrogens (tertiary/aromatic N) is 1. The van der Waals surface area contributed by atoms with Crippen molar-refractivity contribution in [1.82, 2.24) is 10.3 Å². The van der Waals surface area contributed by atoms with Crippen LogP contribution in [0, 0.1) is 5.92 Å². The summed E-state index contributed by atoms with van der Waals surface area (Å²) in [5, 5.41) is 3.05. The van der Waals surface area contributed by atoms with Crippen LogP contribution in [-0.4, -0.2) is 10.9 Å². The molecule has 1 aliphatic carbocycles. The van der Waals surface area contributed by atoms with Crippen LogP contribution in [0.3, 0.4) is 0 Å². The van der Waals surface area contributed by atoms with Crippen LogP contribution in [0.4, 0.5) is 0 Å². The van der Waals surface area contributed by atoms with E-state index in [0.717, 1.165) is 29.7 Å². The summed E-state index contributed by atoms with van der Waals surface area (Å²) in [6.45, 7) is 0.609. The first-order valence-corrected chi connectivity index (χ1v) is 7.61. The zero-order chi connectivity index (χ0) is 14.5. The van der Waals surface area contributed by atoms with Crippen molar-refractivity contribution < 1.29 is 4.79 Å². The van der Waals surface area contributed by atoms with Gasteiger partial charge in [0.2, 0.25) is 5.91 Å². The van der Waals surface area contributed by atoms with E-state index in [4.69, 9.17) is 0 Å². The third kappa shape index (κ3) is 3.48. The highest BCUT2D eigenvalue weighted by Crippen LogP contribution is 2.24. The zero-order valence-corrected chi connectivity index (χ0v) is 12.1. The van der Waals surface area contributed by atoms with Gasteiger partial charge in [0.05, 0.1) is 5.69 Å². The lowest BCUT2D eigenvalue weighted by Gasteiger charge is -2.10. The zero-order valence-electron chi connectivity index (χ0n) is 12.1. The molecule has 108 valence electrons. The molecule has 2 aromatic rings. The number of carbonyl (C=O) groups excluding carboxylic acids is 1. The Morgan fingerprint density at radius 3 is 2.52 bits per heavy atom. The number of hydrogen-bond acceptors (Lipinski definition) is 2. The molecule has 0 spiro atoms. The molecule has 1 saturated carbocycles. The molecule has 21 heavy (non-hydrogen) atoms. The normalized spacial score (nSPS) is 15.0. The van der Waals surface area contributed by atoms with E-state index in [9.17, 15) is 4.79 Å². The fraction of sp³-hybridized carbons (Fsp3) is 0.333. The standard InChI is InChI=1S/C18H20N2O/c21-18(16-5-1-2-6-16)20-13-14-8-10-15(11-9-14)17-7-3-4-12-19-17/h3-4,7-12,16H,1-2,5-6,13H2,(H,20,21). The van der Waals surface area contributed by atoms with E-state index in [1.807, 2.05) is 18.2 Å². The second-order valence-corrected chi connectivity index (χ2v) is 5.61. The van der Waals surface area contributed by atoms with E-state index in [2.05, 4.69) is 34.6 Å². The summed E-state index contributed by atoms with van der Waals surface area (Å²) >= 11 is 0. The van der Waals surface area contributed by atoms with Gasteiger partial charge in [-0.05, 0) is 30.5 Å². The first-order valence-electron chi connectivity index (χ1n) is 7.61. The van der Waals surface area contributed by atoms with Gasteiger partial charge in [0.1, 0.15) is 0 Å². The first kappa shape index (κ1) is 13.8. The maximum Gasteiger partial charge on any atom is 0.223 e. The molecule has 0 bridgehead atoms. The molecule has 3 heteroatoms. The highest BCUT2D eigenvalue weighted by molar-refractivity contribution is 5.78. The van der Waals surface area contributed by atoms with E-state index in [1.165, 1.54) is 12.8 Å². The van der Waals surface area contributed by atoms with Crippen molar-refractivity contribution in [3.8, 4) is 11.3 Å². The Balaban J connectivity index is 1.58. The third-order valence-electron chi connectivity index (χ3n) is 4.11. The Morgan fingerprint density at radius 1 is 1.10 bits per heavy atom. The number of hydrogen-bond donors (Lipinski definition) is 1. The molecule has 0 radical (unpaired) electrons. The van der Waals surface area contributed by atoms with Gasteiger partial charge in [-0.3, -0.25) is 9.78 Å². The number of pyridine rings is 1. The van der Waals surface area contributed by atoms with Gasteiger partial charge in [-0.2, -0.15) is 0 Å². The molecule has 3 rings (SSSR count). The summed E-state index contributed by atoms with van der Waals surface area (Å²) in [6, 6.07) is 14.1. The minimum atomic E-state index is 0.210. The van der Waals surface area contributed by atoms with Crippen LogP contribution in [-0.2, 0) is 11.3 Å². The molecule has 1 aliphatic rings. The van der Waals surface area contributed by atoms with Gasteiger partial charge in [0.25, 0.3) is 0 Å². The van der Waals surface area contributed by atoms with Crippen LogP contribution in [0.1, 0.15) is 31.2 Å². The minimum Gasteiger partial charge on any atom is -0.352 e. The van der Waals surface area contributed by atoms with Crippen LogP contribution < -0.4 is 5.32 Å². The van der Waals surface area contributed by atoms with E-state index in [1.54, 1.807) is 6.20 Å². The molecule has 0 atom stereocenters. The molecule has 1 fully saturated rings. The number of nitrogens with one attached hydrogen (secondary N) is 1. The lowest BCUT2D eigenvalue weighted by atomic mass is 10.1. The summed E-state index contributed by atoms with van der Waals surface area (Å²) in [5.41, 5.74) is 3.20. The van der Waals surface area contributed by atoms with Crippen molar-refractivity contribution in [1.29, 1.82) is 0 Å². The molecule has 3 nitrogen and oxygen atoms in total. The predicted molar refractivity (Wildman–Crippen MR) is 83.5 cm³/mol. The van der Waals surface area contributed by atoms with Gasteiger partial charge in [-0.1, -0.05) is 43.2 Å². The average molecular weight is 280 g/mol. The molecule has 1 N–H and O–H groups in total. The Labute approximate surface area is 125 Å². The Bertz CT molecular complexity index is 586. The molecule has 1 heterocycles. The van der Waals surface area contributed by atoms with E-state index < -0.39 is 0 Å². The summed E-state index contributed by atoms with van der Waals surface area (Å²) < 4.78 is 0. The maximum absolute atomic E-state index is 12.0. The van der Waals surface area contributed by atoms with Crippen LogP contribution in [0.2, 0.25) is 0 Å². The van der Waals surface area contributed by atoms with Gasteiger partial charge in [-0.25, -0.2) is 0 Å². The van der Waals surface area contributed by atoms with Crippen LogP contribution in [0.25, 0.3) is 11.3 Å². The van der Waals surface area contributed by atoms with Crippen molar-refractivity contribution in [3.63, 3.8) is 0 Å². The summed E-state index contributed by atoms with van der Waals surface area (Å²) in [7, 11) is 0. The highest BCUT2D eigenvalue weighted by atomic mass is 16.1. The van der Waals surface area contributed by atoms with Crippen molar-refractivity contribution in [3.05, 3.63) is 54.2 Å². The Morgan fingerprint density at radius 2 is 1.86 bits per heavy atom. The molecule has 1 amide bonds. The van der Waals surface area contributed by atoms with Gasteiger partial charge in [0, 0.05) is 24.2 Å². The van der Waals surface area contributed by atoms with E-state index in [-0.39, 0.29) is 11.8 Å². The smallest absolute Gasteiger partial charge is 0.223 e. The Kier molecular flexibility index (Phi) is 4.29. The van der Waals surface area contributed by atoms with E-state index >= 15 is 0 Å². The lowest BCUT2D eigenvalue weighted by molar-refractivity contribution is -0.124. The van der Waals surface area contributed by atoms with Gasteiger partial charge >= 0.3 is 0 Å². The van der Waals surface area contributed by atoms with Crippen molar-refractivity contribution in [2.75, 3.05) is 0 Å². The van der Waals surface area contributed by atoms with Crippen molar-refractivity contribution >= 4 is 5.91 Å². The topological polar surface area (TPSA) is 42.0 Å².